The Morgan fingerprint density at radius 2 is 2.24 bits per heavy atom. The monoisotopic (exact) mass is 262 g/mol. The quantitative estimate of drug-likeness (QED) is 0.650. The SMILES string of the molecule is CC(CCCO)NS(=O)(=O)c1ccc(CN)o1. The summed E-state index contributed by atoms with van der Waals surface area (Å²) in [5.74, 6) is 0.424. The first-order chi connectivity index (χ1) is 7.99. The minimum absolute atomic E-state index is 0.0458. The van der Waals surface area contributed by atoms with E-state index in [0.717, 1.165) is 0 Å². The van der Waals surface area contributed by atoms with Crippen LogP contribution in [-0.2, 0) is 16.6 Å². The third-order valence-electron chi connectivity index (χ3n) is 2.25. The molecule has 17 heavy (non-hydrogen) atoms. The lowest BCUT2D eigenvalue weighted by atomic mass is 10.2. The van der Waals surface area contributed by atoms with Crippen molar-refractivity contribution in [1.29, 1.82) is 0 Å². The summed E-state index contributed by atoms with van der Waals surface area (Å²) in [7, 11) is -3.63. The van der Waals surface area contributed by atoms with Crippen LogP contribution in [0, 0.1) is 0 Å². The number of aliphatic hydroxyl groups excluding tert-OH is 1. The topological polar surface area (TPSA) is 106 Å². The molecule has 0 aliphatic carbocycles. The van der Waals surface area contributed by atoms with Crippen molar-refractivity contribution in [2.24, 2.45) is 5.73 Å². The van der Waals surface area contributed by atoms with Crippen LogP contribution in [0.2, 0.25) is 0 Å². The first-order valence-corrected chi connectivity index (χ1v) is 6.90. The van der Waals surface area contributed by atoms with Gasteiger partial charge in [-0.25, -0.2) is 13.1 Å². The molecule has 0 spiro atoms. The van der Waals surface area contributed by atoms with Crippen LogP contribution in [0.5, 0.6) is 0 Å². The van der Waals surface area contributed by atoms with Gasteiger partial charge in [-0.05, 0) is 31.9 Å². The van der Waals surface area contributed by atoms with Crippen molar-refractivity contribution in [3.8, 4) is 0 Å². The predicted molar refractivity (Wildman–Crippen MR) is 62.7 cm³/mol. The molecule has 0 fully saturated rings. The highest BCUT2D eigenvalue weighted by molar-refractivity contribution is 7.89. The number of aliphatic hydroxyl groups is 1. The lowest BCUT2D eigenvalue weighted by Gasteiger charge is -2.11. The maximum Gasteiger partial charge on any atom is 0.274 e. The Labute approximate surface area is 101 Å². The smallest absolute Gasteiger partial charge is 0.274 e. The first kappa shape index (κ1) is 14.2. The van der Waals surface area contributed by atoms with E-state index >= 15 is 0 Å². The van der Waals surface area contributed by atoms with Crippen molar-refractivity contribution >= 4 is 10.0 Å². The number of furan rings is 1. The average Bonchev–Trinajstić information content (AvgIpc) is 2.75. The molecule has 98 valence electrons. The molecule has 1 aromatic rings. The van der Waals surface area contributed by atoms with Gasteiger partial charge in [0.1, 0.15) is 5.76 Å². The van der Waals surface area contributed by atoms with Crippen molar-refractivity contribution in [2.45, 2.75) is 37.4 Å². The maximum absolute atomic E-state index is 11.8. The molecule has 0 amide bonds. The molecule has 0 bridgehead atoms. The number of rotatable bonds is 7. The zero-order valence-corrected chi connectivity index (χ0v) is 10.5. The zero-order valence-electron chi connectivity index (χ0n) is 9.72. The lowest BCUT2D eigenvalue weighted by Crippen LogP contribution is -2.32. The molecular formula is C10H18N2O4S. The molecule has 1 aromatic heterocycles. The Morgan fingerprint density at radius 1 is 1.53 bits per heavy atom. The molecule has 0 aliphatic heterocycles. The Balaban J connectivity index is 2.68. The van der Waals surface area contributed by atoms with E-state index in [2.05, 4.69) is 4.72 Å². The third kappa shape index (κ3) is 4.12. The number of nitrogens with one attached hydrogen (secondary N) is 1. The first-order valence-electron chi connectivity index (χ1n) is 5.41. The molecule has 1 unspecified atom stereocenters. The minimum atomic E-state index is -3.63. The summed E-state index contributed by atoms with van der Waals surface area (Å²) >= 11 is 0. The summed E-state index contributed by atoms with van der Waals surface area (Å²) in [5.41, 5.74) is 5.34. The summed E-state index contributed by atoms with van der Waals surface area (Å²) in [4.78, 5) is 0. The van der Waals surface area contributed by atoms with Crippen LogP contribution in [0.25, 0.3) is 0 Å². The second-order valence-corrected chi connectivity index (χ2v) is 5.46. The van der Waals surface area contributed by atoms with Gasteiger partial charge in [-0.3, -0.25) is 0 Å². The van der Waals surface area contributed by atoms with E-state index in [1.54, 1.807) is 6.92 Å². The van der Waals surface area contributed by atoms with Crippen molar-refractivity contribution in [1.82, 2.24) is 4.72 Å². The van der Waals surface area contributed by atoms with Gasteiger partial charge in [0.25, 0.3) is 10.0 Å². The second-order valence-electron chi connectivity index (χ2n) is 3.81. The van der Waals surface area contributed by atoms with Gasteiger partial charge in [-0.1, -0.05) is 0 Å². The van der Waals surface area contributed by atoms with Crippen LogP contribution >= 0.6 is 0 Å². The summed E-state index contributed by atoms with van der Waals surface area (Å²) in [6.07, 6.45) is 1.12. The Bertz CT molecular complexity index is 441. The van der Waals surface area contributed by atoms with Crippen LogP contribution in [0.3, 0.4) is 0 Å². The Kier molecular flexibility index (Phi) is 5.13. The van der Waals surface area contributed by atoms with E-state index in [0.29, 0.717) is 18.6 Å². The van der Waals surface area contributed by atoms with Crippen molar-refractivity contribution in [3.05, 3.63) is 17.9 Å². The van der Waals surface area contributed by atoms with Crippen LogP contribution in [0.1, 0.15) is 25.5 Å². The Morgan fingerprint density at radius 3 is 2.76 bits per heavy atom. The highest BCUT2D eigenvalue weighted by atomic mass is 32.2. The maximum atomic E-state index is 11.8. The predicted octanol–water partition coefficient (Wildman–Crippen LogP) is 0.178. The summed E-state index contributed by atoms with van der Waals surface area (Å²) < 4.78 is 31.2. The largest absolute Gasteiger partial charge is 0.447 e. The van der Waals surface area contributed by atoms with Gasteiger partial charge >= 0.3 is 0 Å². The molecule has 0 saturated heterocycles. The third-order valence-corrected chi connectivity index (χ3v) is 3.72. The Hall–Kier alpha value is -0.890. The number of sulfonamides is 1. The van der Waals surface area contributed by atoms with E-state index in [9.17, 15) is 8.42 Å². The fourth-order valence-electron chi connectivity index (χ4n) is 1.39. The van der Waals surface area contributed by atoms with Crippen LogP contribution in [0.15, 0.2) is 21.6 Å². The second kappa shape index (κ2) is 6.15. The highest BCUT2D eigenvalue weighted by Crippen LogP contribution is 2.14. The molecule has 1 atom stereocenters. The van der Waals surface area contributed by atoms with Gasteiger partial charge in [0.2, 0.25) is 5.09 Å². The zero-order chi connectivity index (χ0) is 12.9. The van der Waals surface area contributed by atoms with Crippen molar-refractivity contribution in [3.63, 3.8) is 0 Å². The van der Waals surface area contributed by atoms with E-state index in [1.807, 2.05) is 0 Å². The van der Waals surface area contributed by atoms with E-state index in [-0.39, 0.29) is 24.3 Å². The lowest BCUT2D eigenvalue weighted by molar-refractivity contribution is 0.279. The van der Waals surface area contributed by atoms with Gasteiger partial charge in [0.15, 0.2) is 0 Å². The van der Waals surface area contributed by atoms with Gasteiger partial charge in [-0.15, -0.1) is 0 Å². The normalized spacial score (nSPS) is 13.8. The molecule has 6 nitrogen and oxygen atoms in total. The number of nitrogens with two attached hydrogens (primary N) is 1. The van der Waals surface area contributed by atoms with Crippen LogP contribution in [0.4, 0.5) is 0 Å². The van der Waals surface area contributed by atoms with Crippen molar-refractivity contribution < 1.29 is 17.9 Å². The molecule has 7 heteroatoms. The van der Waals surface area contributed by atoms with Gasteiger partial charge in [0.05, 0.1) is 6.54 Å². The molecule has 4 N–H and O–H groups in total. The molecular weight excluding hydrogens is 244 g/mol. The molecule has 1 rings (SSSR count). The van der Waals surface area contributed by atoms with E-state index in [4.69, 9.17) is 15.3 Å². The number of hydrogen-bond donors (Lipinski definition) is 3. The van der Waals surface area contributed by atoms with Gasteiger partial charge in [-0.2, -0.15) is 0 Å². The standard InChI is InChI=1S/C10H18N2O4S/c1-8(3-2-6-13)12-17(14,15)10-5-4-9(7-11)16-10/h4-5,8,12-13H,2-3,6-7,11H2,1H3. The highest BCUT2D eigenvalue weighted by Gasteiger charge is 2.20. The van der Waals surface area contributed by atoms with Gasteiger partial charge < -0.3 is 15.3 Å². The minimum Gasteiger partial charge on any atom is -0.447 e. The molecule has 0 aromatic carbocycles. The molecule has 1 heterocycles. The fourth-order valence-corrected chi connectivity index (χ4v) is 2.62. The molecule has 0 saturated carbocycles. The summed E-state index contributed by atoms with van der Waals surface area (Å²) in [6, 6.07) is 2.66. The average molecular weight is 262 g/mol. The van der Waals surface area contributed by atoms with Crippen LogP contribution < -0.4 is 10.5 Å². The summed E-state index contributed by atoms with van der Waals surface area (Å²) in [6.45, 7) is 1.94. The fraction of sp³-hybridized carbons (Fsp3) is 0.600. The molecule has 0 aliphatic rings. The van der Waals surface area contributed by atoms with E-state index < -0.39 is 10.0 Å². The number of hydrogen-bond acceptors (Lipinski definition) is 5. The summed E-state index contributed by atoms with van der Waals surface area (Å²) in [5, 5.41) is 8.53. The van der Waals surface area contributed by atoms with Crippen molar-refractivity contribution in [2.75, 3.05) is 6.61 Å². The van der Waals surface area contributed by atoms with E-state index in [1.165, 1.54) is 12.1 Å². The molecule has 0 radical (unpaired) electrons. The van der Waals surface area contributed by atoms with Gasteiger partial charge in [0, 0.05) is 12.6 Å². The van der Waals surface area contributed by atoms with Crippen LogP contribution in [-0.4, -0.2) is 26.2 Å².